The molecule has 1 aliphatic rings. The van der Waals surface area contributed by atoms with E-state index in [4.69, 9.17) is 4.74 Å². The third-order valence-corrected chi connectivity index (χ3v) is 4.00. The lowest BCUT2D eigenvalue weighted by Crippen LogP contribution is -2.22. The van der Waals surface area contributed by atoms with Crippen molar-refractivity contribution in [1.29, 1.82) is 0 Å². The van der Waals surface area contributed by atoms with Crippen molar-refractivity contribution in [2.24, 2.45) is 0 Å². The summed E-state index contributed by atoms with van der Waals surface area (Å²) in [5.41, 5.74) is 3.32. The number of hydrogen-bond acceptors (Lipinski definition) is 6. The highest BCUT2D eigenvalue weighted by atomic mass is 35.5. The van der Waals surface area contributed by atoms with Crippen LogP contribution in [-0.4, -0.2) is 33.2 Å². The lowest BCUT2D eigenvalue weighted by molar-refractivity contribution is 0.211. The van der Waals surface area contributed by atoms with Gasteiger partial charge < -0.3 is 4.74 Å². The van der Waals surface area contributed by atoms with Gasteiger partial charge in [-0.3, -0.25) is 14.4 Å². The molecule has 0 amide bonds. The first-order valence-electron chi connectivity index (χ1n) is 7.72. The zero-order valence-corrected chi connectivity index (χ0v) is 14.2. The van der Waals surface area contributed by atoms with Crippen molar-refractivity contribution >= 4 is 12.4 Å². The summed E-state index contributed by atoms with van der Waals surface area (Å²) >= 11 is 0. The van der Waals surface area contributed by atoms with Crippen LogP contribution in [0, 0.1) is 0 Å². The van der Waals surface area contributed by atoms with Gasteiger partial charge in [-0.1, -0.05) is 29.4 Å². The third-order valence-electron chi connectivity index (χ3n) is 4.00. The molecule has 0 saturated carbocycles. The largest absolute Gasteiger partial charge is 0.491 e. The Kier molecular flexibility index (Phi) is 5.16. The molecule has 0 radical (unpaired) electrons. The second kappa shape index (κ2) is 7.50. The van der Waals surface area contributed by atoms with E-state index in [1.807, 2.05) is 0 Å². The summed E-state index contributed by atoms with van der Waals surface area (Å²) < 4.78 is 10.2. The number of fused-ring (bicyclic) bond motifs is 1. The molecule has 3 aromatic rings. The first-order chi connectivity index (χ1) is 11.8. The summed E-state index contributed by atoms with van der Waals surface area (Å²) in [6.45, 7) is 3.38. The van der Waals surface area contributed by atoms with E-state index in [9.17, 15) is 4.79 Å². The summed E-state index contributed by atoms with van der Waals surface area (Å²) in [7, 11) is 0. The number of nitrogens with one attached hydrogen (secondary N) is 1. The van der Waals surface area contributed by atoms with Crippen LogP contribution in [0.3, 0.4) is 0 Å². The maximum atomic E-state index is 10.9. The zero-order chi connectivity index (χ0) is 16.4. The van der Waals surface area contributed by atoms with Crippen LogP contribution in [-0.2, 0) is 13.1 Å². The van der Waals surface area contributed by atoms with Gasteiger partial charge in [0.15, 0.2) is 0 Å². The highest BCUT2D eigenvalue weighted by Gasteiger charge is 2.17. The third kappa shape index (κ3) is 3.89. The molecule has 130 valence electrons. The molecule has 0 unspecified atom stereocenters. The number of nitrogens with zero attached hydrogens (tertiary/aromatic N) is 3. The molecule has 0 aliphatic carbocycles. The molecule has 25 heavy (non-hydrogen) atoms. The molecular formula is C17H17ClN4O3. The molecule has 4 rings (SSSR count). The number of benzene rings is 1. The van der Waals surface area contributed by atoms with Crippen LogP contribution in [0.1, 0.15) is 11.1 Å². The number of aromatic amines is 1. The lowest BCUT2D eigenvalue weighted by Gasteiger charge is -2.15. The Morgan fingerprint density at radius 3 is 2.52 bits per heavy atom. The number of H-pyrrole nitrogens is 1. The van der Waals surface area contributed by atoms with Crippen molar-refractivity contribution in [2.75, 3.05) is 13.2 Å². The number of rotatable bonds is 5. The van der Waals surface area contributed by atoms with Crippen LogP contribution in [0.2, 0.25) is 0 Å². The van der Waals surface area contributed by atoms with Gasteiger partial charge >= 0.3 is 5.76 Å². The Morgan fingerprint density at radius 2 is 1.92 bits per heavy atom. The molecule has 7 nitrogen and oxygen atoms in total. The Morgan fingerprint density at radius 1 is 1.16 bits per heavy atom. The van der Waals surface area contributed by atoms with Gasteiger partial charge in [-0.25, -0.2) is 9.78 Å². The number of pyridine rings is 1. The second-order valence-corrected chi connectivity index (χ2v) is 5.65. The van der Waals surface area contributed by atoms with Gasteiger partial charge in [-0.05, 0) is 23.3 Å². The van der Waals surface area contributed by atoms with E-state index in [0.717, 1.165) is 19.6 Å². The van der Waals surface area contributed by atoms with Crippen LogP contribution in [0.25, 0.3) is 11.5 Å². The summed E-state index contributed by atoms with van der Waals surface area (Å²) in [6, 6.07) is 12.0. The molecule has 1 aliphatic heterocycles. The molecule has 0 fully saturated rings. The predicted octanol–water partition coefficient (Wildman–Crippen LogP) is 2.24. The van der Waals surface area contributed by atoms with E-state index in [1.54, 1.807) is 18.3 Å². The molecule has 0 atom stereocenters. The maximum absolute atomic E-state index is 10.9. The smallest absolute Gasteiger partial charge is 0.439 e. The number of halogens is 1. The highest BCUT2D eigenvalue weighted by Crippen LogP contribution is 2.22. The SMILES string of the molecule is Cl.O=c1[nH]c(-c2ccc(OCCN3Cc4ccccc4C3)cn2)no1. The molecule has 1 aromatic carbocycles. The zero-order valence-electron chi connectivity index (χ0n) is 13.3. The van der Waals surface area contributed by atoms with Gasteiger partial charge in [-0.2, -0.15) is 0 Å². The van der Waals surface area contributed by atoms with Gasteiger partial charge in [0.2, 0.25) is 5.82 Å². The minimum atomic E-state index is -0.598. The summed E-state index contributed by atoms with van der Waals surface area (Å²) in [4.78, 5) is 20.0. The van der Waals surface area contributed by atoms with Crippen molar-refractivity contribution in [3.63, 3.8) is 0 Å². The molecular weight excluding hydrogens is 344 g/mol. The number of ether oxygens (including phenoxy) is 1. The van der Waals surface area contributed by atoms with Gasteiger partial charge in [0, 0.05) is 19.6 Å². The Balaban J connectivity index is 0.00000182. The Hall–Kier alpha value is -2.64. The van der Waals surface area contributed by atoms with Gasteiger partial charge in [-0.15, -0.1) is 12.4 Å². The van der Waals surface area contributed by atoms with E-state index in [2.05, 4.69) is 48.8 Å². The number of hydrogen-bond donors (Lipinski definition) is 1. The average molecular weight is 361 g/mol. The highest BCUT2D eigenvalue weighted by molar-refractivity contribution is 5.85. The van der Waals surface area contributed by atoms with Crippen LogP contribution in [0.4, 0.5) is 0 Å². The maximum Gasteiger partial charge on any atom is 0.439 e. The fraction of sp³-hybridized carbons (Fsp3) is 0.235. The average Bonchev–Trinajstić information content (AvgIpc) is 3.21. The standard InChI is InChI=1S/C17H16N4O3.ClH/c22-17-19-16(20-24-17)15-6-5-14(9-18-15)23-8-7-21-10-12-3-1-2-4-13(12)11-21;/h1-6,9H,7-8,10-11H2,(H,19,20,22);1H. The fourth-order valence-electron chi connectivity index (χ4n) is 2.80. The minimum Gasteiger partial charge on any atom is -0.491 e. The second-order valence-electron chi connectivity index (χ2n) is 5.65. The molecule has 0 saturated heterocycles. The molecule has 0 bridgehead atoms. The van der Waals surface area contributed by atoms with Gasteiger partial charge in [0.1, 0.15) is 18.1 Å². The normalized spacial score (nSPS) is 13.3. The summed E-state index contributed by atoms with van der Waals surface area (Å²) in [6.07, 6.45) is 1.61. The van der Waals surface area contributed by atoms with Gasteiger partial charge in [0.05, 0.1) is 6.20 Å². The van der Waals surface area contributed by atoms with Crippen molar-refractivity contribution in [1.82, 2.24) is 20.0 Å². The number of aromatic nitrogens is 3. The molecule has 2 aromatic heterocycles. The van der Waals surface area contributed by atoms with Crippen LogP contribution >= 0.6 is 12.4 Å². The van der Waals surface area contributed by atoms with E-state index in [0.29, 0.717) is 23.9 Å². The predicted molar refractivity (Wildman–Crippen MR) is 93.7 cm³/mol. The summed E-state index contributed by atoms with van der Waals surface area (Å²) in [5, 5.41) is 3.60. The Labute approximate surface area is 150 Å². The van der Waals surface area contributed by atoms with Crippen molar-refractivity contribution < 1.29 is 9.26 Å². The van der Waals surface area contributed by atoms with Crippen LogP contribution in [0.15, 0.2) is 51.9 Å². The lowest BCUT2D eigenvalue weighted by atomic mass is 10.1. The van der Waals surface area contributed by atoms with Crippen molar-refractivity contribution in [3.05, 3.63) is 64.3 Å². The summed E-state index contributed by atoms with van der Waals surface area (Å²) in [5.74, 6) is 0.390. The van der Waals surface area contributed by atoms with E-state index < -0.39 is 5.76 Å². The van der Waals surface area contributed by atoms with Crippen molar-refractivity contribution in [2.45, 2.75) is 13.1 Å². The topological polar surface area (TPSA) is 84.3 Å². The molecule has 3 heterocycles. The fourth-order valence-corrected chi connectivity index (χ4v) is 2.80. The van der Waals surface area contributed by atoms with E-state index in [1.165, 1.54) is 11.1 Å². The van der Waals surface area contributed by atoms with Gasteiger partial charge in [0.25, 0.3) is 0 Å². The van der Waals surface area contributed by atoms with E-state index >= 15 is 0 Å². The first-order valence-corrected chi connectivity index (χ1v) is 7.72. The van der Waals surface area contributed by atoms with Crippen LogP contribution < -0.4 is 10.5 Å². The first kappa shape index (κ1) is 17.2. The molecule has 1 N–H and O–H groups in total. The molecule has 8 heteroatoms. The van der Waals surface area contributed by atoms with Crippen molar-refractivity contribution in [3.8, 4) is 17.3 Å². The monoisotopic (exact) mass is 360 g/mol. The quantitative estimate of drug-likeness (QED) is 0.751. The Bertz CT molecular complexity index is 866. The molecule has 0 spiro atoms. The van der Waals surface area contributed by atoms with Crippen LogP contribution in [0.5, 0.6) is 5.75 Å². The minimum absolute atomic E-state index is 0. The van der Waals surface area contributed by atoms with E-state index in [-0.39, 0.29) is 12.4 Å².